The minimum absolute atomic E-state index is 0.0649. The Morgan fingerprint density at radius 2 is 1.85 bits per heavy atom. The number of rotatable bonds is 5. The molecular formula is C19H22N6S. The molecule has 0 radical (unpaired) electrons. The highest BCUT2D eigenvalue weighted by atomic mass is 32.1. The van der Waals surface area contributed by atoms with Crippen LogP contribution in [0.3, 0.4) is 0 Å². The summed E-state index contributed by atoms with van der Waals surface area (Å²) >= 11 is 1.63. The molecule has 7 heteroatoms. The number of fused-ring (bicyclic) bond motifs is 1. The maximum Gasteiger partial charge on any atom is 0.229 e. The molecule has 3 aromatic rings. The number of anilines is 3. The van der Waals surface area contributed by atoms with Gasteiger partial charge in [-0.15, -0.1) is 11.3 Å². The van der Waals surface area contributed by atoms with E-state index in [-0.39, 0.29) is 5.54 Å². The van der Waals surface area contributed by atoms with Gasteiger partial charge in [0.1, 0.15) is 5.82 Å². The number of nitrogens with one attached hydrogen (secondary N) is 3. The van der Waals surface area contributed by atoms with Crippen LogP contribution in [-0.2, 0) is 0 Å². The van der Waals surface area contributed by atoms with Crippen molar-refractivity contribution in [3.8, 4) is 0 Å². The normalized spacial score (nSPS) is 14.3. The van der Waals surface area contributed by atoms with Gasteiger partial charge >= 0.3 is 0 Å². The Labute approximate surface area is 156 Å². The van der Waals surface area contributed by atoms with Crippen molar-refractivity contribution in [1.29, 1.82) is 0 Å². The van der Waals surface area contributed by atoms with Crippen LogP contribution in [0.5, 0.6) is 0 Å². The van der Waals surface area contributed by atoms with Gasteiger partial charge in [0.15, 0.2) is 0 Å². The van der Waals surface area contributed by atoms with E-state index in [4.69, 9.17) is 0 Å². The molecule has 0 fully saturated rings. The maximum atomic E-state index is 4.58. The van der Waals surface area contributed by atoms with E-state index in [1.54, 1.807) is 17.5 Å². The van der Waals surface area contributed by atoms with E-state index in [2.05, 4.69) is 57.7 Å². The Morgan fingerprint density at radius 1 is 1.00 bits per heavy atom. The highest BCUT2D eigenvalue weighted by Gasteiger charge is 2.22. The van der Waals surface area contributed by atoms with Crippen LogP contribution in [-0.4, -0.2) is 20.5 Å². The summed E-state index contributed by atoms with van der Waals surface area (Å²) in [6.07, 6.45) is 3.87. The summed E-state index contributed by atoms with van der Waals surface area (Å²) in [5.74, 6) is 1.36. The van der Waals surface area contributed by atoms with Crippen LogP contribution in [0.25, 0.3) is 10.2 Å². The van der Waals surface area contributed by atoms with Crippen molar-refractivity contribution < 1.29 is 0 Å². The molecule has 1 aliphatic rings. The summed E-state index contributed by atoms with van der Waals surface area (Å²) in [5, 5.41) is 10.2. The van der Waals surface area contributed by atoms with Gasteiger partial charge in [-0.1, -0.05) is 0 Å². The molecule has 6 nitrogen and oxygen atoms in total. The van der Waals surface area contributed by atoms with Crippen molar-refractivity contribution >= 4 is 39.0 Å². The molecule has 0 saturated heterocycles. The zero-order chi connectivity index (χ0) is 18.1. The quantitative estimate of drug-likeness (QED) is 0.611. The van der Waals surface area contributed by atoms with Crippen LogP contribution in [0, 0.1) is 0 Å². The van der Waals surface area contributed by atoms with Crippen LogP contribution in [0.4, 0.5) is 17.5 Å². The Balaban J connectivity index is 1.49. The Morgan fingerprint density at radius 3 is 2.62 bits per heavy atom. The van der Waals surface area contributed by atoms with Crippen LogP contribution < -0.4 is 16.0 Å². The highest BCUT2D eigenvalue weighted by Crippen LogP contribution is 2.28. The van der Waals surface area contributed by atoms with Gasteiger partial charge in [0, 0.05) is 28.8 Å². The molecule has 0 saturated carbocycles. The molecule has 1 aromatic carbocycles. The van der Waals surface area contributed by atoms with Gasteiger partial charge in [0.25, 0.3) is 0 Å². The van der Waals surface area contributed by atoms with E-state index < -0.39 is 0 Å². The molecule has 134 valence electrons. The van der Waals surface area contributed by atoms with Gasteiger partial charge in [-0.2, -0.15) is 4.98 Å². The first-order valence-corrected chi connectivity index (χ1v) is 9.55. The van der Waals surface area contributed by atoms with E-state index in [1.165, 1.54) is 16.1 Å². The second-order valence-corrected chi connectivity index (χ2v) is 8.27. The summed E-state index contributed by atoms with van der Waals surface area (Å²) in [4.78, 5) is 13.2. The third-order valence-corrected chi connectivity index (χ3v) is 4.85. The van der Waals surface area contributed by atoms with Gasteiger partial charge < -0.3 is 16.0 Å². The lowest BCUT2D eigenvalue weighted by Crippen LogP contribution is -2.38. The van der Waals surface area contributed by atoms with Crippen molar-refractivity contribution in [1.82, 2.24) is 20.3 Å². The van der Waals surface area contributed by atoms with Crippen LogP contribution in [0.15, 0.2) is 47.4 Å². The highest BCUT2D eigenvalue weighted by molar-refractivity contribution is 7.16. The van der Waals surface area contributed by atoms with Crippen LogP contribution in [0.1, 0.15) is 33.6 Å². The number of hydrogen-bond donors (Lipinski definition) is 3. The minimum Gasteiger partial charge on any atom is -0.382 e. The van der Waals surface area contributed by atoms with Crippen molar-refractivity contribution in [3.05, 3.63) is 47.4 Å². The molecule has 26 heavy (non-hydrogen) atoms. The first kappa shape index (κ1) is 16.8. The monoisotopic (exact) mass is 366 g/mol. The molecule has 2 aromatic heterocycles. The molecule has 1 aliphatic carbocycles. The average molecular weight is 366 g/mol. The fourth-order valence-corrected chi connectivity index (χ4v) is 3.47. The third-order valence-electron chi connectivity index (χ3n) is 4.04. The van der Waals surface area contributed by atoms with Gasteiger partial charge in [0.05, 0.1) is 15.7 Å². The summed E-state index contributed by atoms with van der Waals surface area (Å²) < 4.78 is 1.17. The lowest BCUT2D eigenvalue weighted by Gasteiger charge is -2.32. The van der Waals surface area contributed by atoms with Crippen LogP contribution >= 0.6 is 11.3 Å². The molecule has 0 aliphatic heterocycles. The number of benzene rings is 1. The lowest BCUT2D eigenvalue weighted by molar-refractivity contribution is 0.446. The summed E-state index contributed by atoms with van der Waals surface area (Å²) in [6.45, 7) is 6.51. The minimum atomic E-state index is 0.0649. The zero-order valence-corrected chi connectivity index (χ0v) is 15.9. The van der Waals surface area contributed by atoms with Crippen molar-refractivity contribution in [2.24, 2.45) is 0 Å². The fourth-order valence-electron chi connectivity index (χ4n) is 2.81. The van der Waals surface area contributed by atoms with E-state index in [9.17, 15) is 0 Å². The zero-order valence-electron chi connectivity index (χ0n) is 15.1. The van der Waals surface area contributed by atoms with E-state index >= 15 is 0 Å². The SMILES string of the molecule is CC(C)(C)NC1=C(Nc2ccnc(Nc3ccc4scnc4c3)n2)CC1. The van der Waals surface area contributed by atoms with Crippen molar-refractivity contribution in [3.63, 3.8) is 0 Å². The first-order chi connectivity index (χ1) is 12.5. The average Bonchev–Trinajstić information content (AvgIpc) is 3.04. The molecule has 0 amide bonds. The predicted octanol–water partition coefficient (Wildman–Crippen LogP) is 4.64. The molecular weight excluding hydrogens is 344 g/mol. The van der Waals surface area contributed by atoms with Crippen molar-refractivity contribution in [2.75, 3.05) is 10.6 Å². The number of aromatic nitrogens is 3. The Hall–Kier alpha value is -2.67. The van der Waals surface area contributed by atoms with Gasteiger partial charge in [-0.05, 0) is 57.9 Å². The summed E-state index contributed by atoms with van der Waals surface area (Å²) in [5.41, 5.74) is 6.29. The summed E-state index contributed by atoms with van der Waals surface area (Å²) in [7, 11) is 0. The smallest absolute Gasteiger partial charge is 0.229 e. The van der Waals surface area contributed by atoms with E-state index in [0.717, 1.165) is 29.9 Å². The topological polar surface area (TPSA) is 74.8 Å². The first-order valence-electron chi connectivity index (χ1n) is 8.67. The summed E-state index contributed by atoms with van der Waals surface area (Å²) in [6, 6.07) is 7.97. The lowest BCUT2D eigenvalue weighted by atomic mass is 9.97. The molecule has 0 atom stereocenters. The van der Waals surface area contributed by atoms with Crippen molar-refractivity contribution in [2.45, 2.75) is 39.2 Å². The van der Waals surface area contributed by atoms with E-state index in [1.807, 2.05) is 23.7 Å². The molecule has 0 unspecified atom stereocenters. The second-order valence-electron chi connectivity index (χ2n) is 7.38. The molecule has 0 spiro atoms. The number of nitrogens with zero attached hydrogens (tertiary/aromatic N) is 3. The van der Waals surface area contributed by atoms with E-state index in [0.29, 0.717) is 5.95 Å². The molecule has 4 rings (SSSR count). The fraction of sp³-hybridized carbons (Fsp3) is 0.316. The Bertz CT molecular complexity index is 969. The molecule has 0 bridgehead atoms. The van der Waals surface area contributed by atoms with Gasteiger partial charge in [0.2, 0.25) is 5.95 Å². The number of thiazole rings is 1. The molecule has 3 N–H and O–H groups in total. The third kappa shape index (κ3) is 3.77. The maximum absolute atomic E-state index is 4.58. The number of allylic oxidation sites excluding steroid dienone is 2. The van der Waals surface area contributed by atoms with Gasteiger partial charge in [-0.3, -0.25) is 0 Å². The Kier molecular flexibility index (Phi) is 4.24. The second kappa shape index (κ2) is 6.57. The standard InChI is InChI=1S/C19H22N6S/c1-19(2,3)25-14-6-5-13(14)23-17-8-9-20-18(24-17)22-12-4-7-16-15(10-12)21-11-26-16/h4,7-11,25H,5-6H2,1-3H3,(H2,20,22,23,24). The predicted molar refractivity (Wildman–Crippen MR) is 108 cm³/mol. The number of hydrogen-bond acceptors (Lipinski definition) is 7. The van der Waals surface area contributed by atoms with Crippen LogP contribution in [0.2, 0.25) is 0 Å². The van der Waals surface area contributed by atoms with Gasteiger partial charge in [-0.25, -0.2) is 9.97 Å². The molecule has 2 heterocycles. The largest absolute Gasteiger partial charge is 0.382 e.